The van der Waals surface area contributed by atoms with Crippen LogP contribution in [0.25, 0.3) is 5.57 Å². The van der Waals surface area contributed by atoms with E-state index in [9.17, 15) is 0 Å². The van der Waals surface area contributed by atoms with Crippen LogP contribution in [0, 0.1) is 0 Å². The second-order valence-electron chi connectivity index (χ2n) is 5.96. The van der Waals surface area contributed by atoms with Crippen molar-refractivity contribution >= 4 is 17.2 Å². The molecule has 2 aromatic rings. The molecule has 0 saturated carbocycles. The van der Waals surface area contributed by atoms with Crippen molar-refractivity contribution in [2.24, 2.45) is 0 Å². The van der Waals surface area contributed by atoms with Gasteiger partial charge in [0.15, 0.2) is 0 Å². The maximum absolute atomic E-state index is 5.97. The Hall–Kier alpha value is -1.51. The summed E-state index contributed by atoms with van der Waals surface area (Å²) < 4.78 is 2.26. The lowest BCUT2D eigenvalue weighted by Crippen LogP contribution is -2.32. The first kappa shape index (κ1) is 15.4. The largest absolute Gasteiger partial charge is 0.354 e. The summed E-state index contributed by atoms with van der Waals surface area (Å²) in [6, 6.07) is 13.0. The SMILES string of the molecule is Clc1ccc(C2=CCNC(CCCCn3cccc3)C2)cc1. The Kier molecular flexibility index (Phi) is 5.36. The van der Waals surface area contributed by atoms with Crippen molar-refractivity contribution in [2.45, 2.75) is 38.3 Å². The lowest BCUT2D eigenvalue weighted by atomic mass is 9.93. The molecule has 3 rings (SSSR count). The minimum Gasteiger partial charge on any atom is -0.354 e. The molecule has 0 aliphatic carbocycles. The Morgan fingerprint density at radius 3 is 2.64 bits per heavy atom. The molecule has 0 fully saturated rings. The van der Waals surface area contributed by atoms with E-state index in [0.717, 1.165) is 24.5 Å². The number of halogens is 1. The van der Waals surface area contributed by atoms with E-state index in [1.165, 1.54) is 30.4 Å². The molecule has 22 heavy (non-hydrogen) atoms. The van der Waals surface area contributed by atoms with Gasteiger partial charge in [0.2, 0.25) is 0 Å². The third-order valence-corrected chi connectivity index (χ3v) is 4.57. The van der Waals surface area contributed by atoms with Gasteiger partial charge >= 0.3 is 0 Å². The van der Waals surface area contributed by atoms with Crippen molar-refractivity contribution in [1.29, 1.82) is 0 Å². The van der Waals surface area contributed by atoms with E-state index in [1.54, 1.807) is 0 Å². The fourth-order valence-corrected chi connectivity index (χ4v) is 3.20. The first-order chi connectivity index (χ1) is 10.8. The van der Waals surface area contributed by atoms with Crippen LogP contribution in [0.2, 0.25) is 5.02 Å². The zero-order valence-electron chi connectivity index (χ0n) is 12.8. The van der Waals surface area contributed by atoms with E-state index in [2.05, 4.69) is 52.6 Å². The fraction of sp³-hybridized carbons (Fsp3) is 0.368. The van der Waals surface area contributed by atoms with Crippen LogP contribution in [0.4, 0.5) is 0 Å². The summed E-state index contributed by atoms with van der Waals surface area (Å²) in [7, 11) is 0. The molecule has 2 heterocycles. The molecule has 0 amide bonds. The average Bonchev–Trinajstić information content (AvgIpc) is 3.06. The van der Waals surface area contributed by atoms with Gasteiger partial charge in [0.1, 0.15) is 0 Å². The number of benzene rings is 1. The van der Waals surface area contributed by atoms with Crippen molar-refractivity contribution in [1.82, 2.24) is 9.88 Å². The summed E-state index contributed by atoms with van der Waals surface area (Å²) in [6.07, 6.45) is 11.5. The molecule has 1 atom stereocenters. The van der Waals surface area contributed by atoms with Crippen LogP contribution in [-0.4, -0.2) is 17.2 Å². The van der Waals surface area contributed by atoms with Crippen LogP contribution in [-0.2, 0) is 6.54 Å². The van der Waals surface area contributed by atoms with E-state index in [-0.39, 0.29) is 0 Å². The zero-order chi connectivity index (χ0) is 15.2. The van der Waals surface area contributed by atoms with Gasteiger partial charge < -0.3 is 9.88 Å². The lowest BCUT2D eigenvalue weighted by Gasteiger charge is -2.24. The standard InChI is InChI=1S/C19H23ClN2/c20-18-8-6-16(7-9-18)17-10-11-21-19(15-17)5-1-2-12-22-13-3-4-14-22/h3-4,6-10,13-14,19,21H,1-2,5,11-12,15H2. The topological polar surface area (TPSA) is 17.0 Å². The highest BCUT2D eigenvalue weighted by molar-refractivity contribution is 6.30. The Morgan fingerprint density at radius 2 is 1.86 bits per heavy atom. The number of nitrogens with one attached hydrogen (secondary N) is 1. The molecule has 1 N–H and O–H groups in total. The molecule has 0 radical (unpaired) electrons. The number of nitrogens with zero attached hydrogens (tertiary/aromatic N) is 1. The van der Waals surface area contributed by atoms with Crippen LogP contribution in [0.5, 0.6) is 0 Å². The summed E-state index contributed by atoms with van der Waals surface area (Å²) in [4.78, 5) is 0. The maximum atomic E-state index is 5.97. The van der Waals surface area contributed by atoms with E-state index < -0.39 is 0 Å². The van der Waals surface area contributed by atoms with Crippen LogP contribution in [0.15, 0.2) is 54.9 Å². The van der Waals surface area contributed by atoms with E-state index in [0.29, 0.717) is 6.04 Å². The van der Waals surface area contributed by atoms with E-state index in [4.69, 9.17) is 11.6 Å². The summed E-state index contributed by atoms with van der Waals surface area (Å²) in [6.45, 7) is 2.10. The normalized spacial score (nSPS) is 18.2. The van der Waals surface area contributed by atoms with Gasteiger partial charge in [-0.3, -0.25) is 0 Å². The number of unbranched alkanes of at least 4 members (excludes halogenated alkanes) is 1. The molecule has 0 bridgehead atoms. The zero-order valence-corrected chi connectivity index (χ0v) is 13.6. The third-order valence-electron chi connectivity index (χ3n) is 4.32. The summed E-state index contributed by atoms with van der Waals surface area (Å²) in [5.74, 6) is 0. The highest BCUT2D eigenvalue weighted by atomic mass is 35.5. The monoisotopic (exact) mass is 314 g/mol. The molecule has 2 nitrogen and oxygen atoms in total. The van der Waals surface area contributed by atoms with Gasteiger partial charge in [-0.25, -0.2) is 0 Å². The Bertz CT molecular complexity index is 599. The van der Waals surface area contributed by atoms with Crippen LogP contribution in [0.3, 0.4) is 0 Å². The number of rotatable bonds is 6. The molecular weight excluding hydrogens is 292 g/mol. The van der Waals surface area contributed by atoms with Crippen molar-refractivity contribution in [2.75, 3.05) is 6.54 Å². The second kappa shape index (κ2) is 7.66. The minimum atomic E-state index is 0.598. The van der Waals surface area contributed by atoms with Gasteiger partial charge in [0.25, 0.3) is 0 Å². The van der Waals surface area contributed by atoms with Crippen LogP contribution >= 0.6 is 11.6 Å². The summed E-state index contributed by atoms with van der Waals surface area (Å²) >= 11 is 5.97. The van der Waals surface area contributed by atoms with E-state index >= 15 is 0 Å². The summed E-state index contributed by atoms with van der Waals surface area (Å²) in [5, 5.41) is 4.42. The van der Waals surface area contributed by atoms with Gasteiger partial charge in [-0.1, -0.05) is 36.2 Å². The molecule has 1 aromatic heterocycles. The number of aryl methyl sites for hydroxylation is 1. The lowest BCUT2D eigenvalue weighted by molar-refractivity contribution is 0.464. The predicted molar refractivity (Wildman–Crippen MR) is 94.1 cm³/mol. The Morgan fingerprint density at radius 1 is 1.09 bits per heavy atom. The fourth-order valence-electron chi connectivity index (χ4n) is 3.08. The average molecular weight is 315 g/mol. The number of hydrogen-bond acceptors (Lipinski definition) is 1. The first-order valence-electron chi connectivity index (χ1n) is 8.10. The molecule has 1 unspecified atom stereocenters. The van der Waals surface area contributed by atoms with Gasteiger partial charge in [-0.05, 0) is 54.7 Å². The quantitative estimate of drug-likeness (QED) is 0.761. The molecular formula is C19H23ClN2. The summed E-state index contributed by atoms with van der Waals surface area (Å²) in [5.41, 5.74) is 2.76. The van der Waals surface area contributed by atoms with Gasteiger partial charge in [-0.2, -0.15) is 0 Å². The third kappa shape index (κ3) is 4.25. The van der Waals surface area contributed by atoms with Crippen LogP contribution in [0.1, 0.15) is 31.2 Å². The Balaban J connectivity index is 1.46. The minimum absolute atomic E-state index is 0.598. The van der Waals surface area contributed by atoms with Gasteiger partial charge in [0.05, 0.1) is 0 Å². The molecule has 0 spiro atoms. The van der Waals surface area contributed by atoms with E-state index in [1.807, 2.05) is 12.1 Å². The molecule has 116 valence electrons. The van der Waals surface area contributed by atoms with Crippen molar-refractivity contribution < 1.29 is 0 Å². The predicted octanol–water partition coefficient (Wildman–Crippen LogP) is 4.76. The smallest absolute Gasteiger partial charge is 0.0406 e. The van der Waals surface area contributed by atoms with Crippen LogP contribution < -0.4 is 5.32 Å². The highest BCUT2D eigenvalue weighted by Gasteiger charge is 2.15. The first-order valence-corrected chi connectivity index (χ1v) is 8.48. The number of hydrogen-bond donors (Lipinski definition) is 1. The molecule has 1 aliphatic rings. The maximum Gasteiger partial charge on any atom is 0.0406 e. The molecule has 1 aliphatic heterocycles. The van der Waals surface area contributed by atoms with Crippen molar-refractivity contribution in [3.05, 3.63) is 65.5 Å². The van der Waals surface area contributed by atoms with Crippen molar-refractivity contribution in [3.8, 4) is 0 Å². The number of aromatic nitrogens is 1. The Labute approximate surface area is 137 Å². The second-order valence-corrected chi connectivity index (χ2v) is 6.40. The molecule has 0 saturated heterocycles. The highest BCUT2D eigenvalue weighted by Crippen LogP contribution is 2.25. The molecule has 3 heteroatoms. The van der Waals surface area contributed by atoms with Gasteiger partial charge in [0, 0.05) is 36.5 Å². The molecule has 1 aromatic carbocycles. The van der Waals surface area contributed by atoms with Crippen molar-refractivity contribution in [3.63, 3.8) is 0 Å². The van der Waals surface area contributed by atoms with Gasteiger partial charge in [-0.15, -0.1) is 0 Å².